The van der Waals surface area contributed by atoms with E-state index in [-0.39, 0.29) is 17.5 Å². The Balaban J connectivity index is 1.77. The molecule has 1 atom stereocenters. The summed E-state index contributed by atoms with van der Waals surface area (Å²) in [5.74, 6) is 1.45. The minimum absolute atomic E-state index is 0.0635. The van der Waals surface area contributed by atoms with E-state index in [1.165, 1.54) is 4.68 Å². The molecule has 3 heterocycles. The molecule has 1 unspecified atom stereocenters. The number of nitrogens with zero attached hydrogens (tertiary/aromatic N) is 5. The van der Waals surface area contributed by atoms with Crippen LogP contribution in [0.1, 0.15) is 61.1 Å². The van der Waals surface area contributed by atoms with Gasteiger partial charge in [0, 0.05) is 45.1 Å². The summed E-state index contributed by atoms with van der Waals surface area (Å²) in [5, 5.41) is 8.31. The lowest BCUT2D eigenvalue weighted by molar-refractivity contribution is 0.0692. The Labute approximate surface area is 146 Å². The molecule has 0 saturated carbocycles. The molecular formula is C17H25N5O3. The van der Waals surface area contributed by atoms with Crippen molar-refractivity contribution in [1.82, 2.24) is 24.4 Å². The van der Waals surface area contributed by atoms with Crippen LogP contribution in [0.4, 0.5) is 0 Å². The maximum absolute atomic E-state index is 12.7. The highest BCUT2D eigenvalue weighted by Gasteiger charge is 2.30. The number of hydrogen-bond donors (Lipinski definition) is 0. The normalized spacial score (nSPS) is 17.9. The molecule has 2 aromatic heterocycles. The standard InChI is InChI=1S/C17H25N5O3/c1-4-7-13-10-14(19-25-13)16(23)21-9-6-8-12(11-21)15-18-20(3)17(24)22(15)5-2/h10,12H,4-9,11H2,1-3H3. The van der Waals surface area contributed by atoms with Gasteiger partial charge in [0.2, 0.25) is 0 Å². The quantitative estimate of drug-likeness (QED) is 0.819. The lowest BCUT2D eigenvalue weighted by Crippen LogP contribution is -2.40. The van der Waals surface area contributed by atoms with Crippen LogP contribution in [0.15, 0.2) is 15.4 Å². The van der Waals surface area contributed by atoms with Gasteiger partial charge in [-0.25, -0.2) is 9.48 Å². The van der Waals surface area contributed by atoms with Gasteiger partial charge in [-0.2, -0.15) is 5.10 Å². The van der Waals surface area contributed by atoms with Gasteiger partial charge in [-0.3, -0.25) is 9.36 Å². The number of hydrogen-bond acceptors (Lipinski definition) is 5. The van der Waals surface area contributed by atoms with Gasteiger partial charge >= 0.3 is 5.69 Å². The number of aryl methyl sites for hydroxylation is 2. The zero-order valence-corrected chi connectivity index (χ0v) is 15.1. The van der Waals surface area contributed by atoms with Gasteiger partial charge in [-0.05, 0) is 26.2 Å². The first-order valence-corrected chi connectivity index (χ1v) is 8.93. The number of likely N-dealkylation sites (tertiary alicyclic amines) is 1. The highest BCUT2D eigenvalue weighted by Crippen LogP contribution is 2.26. The monoisotopic (exact) mass is 347 g/mol. The van der Waals surface area contributed by atoms with E-state index in [2.05, 4.69) is 17.2 Å². The van der Waals surface area contributed by atoms with E-state index in [9.17, 15) is 9.59 Å². The van der Waals surface area contributed by atoms with E-state index in [4.69, 9.17) is 4.52 Å². The molecule has 0 bridgehead atoms. The molecule has 1 fully saturated rings. The number of rotatable bonds is 5. The summed E-state index contributed by atoms with van der Waals surface area (Å²) >= 11 is 0. The van der Waals surface area contributed by atoms with Crippen LogP contribution in [-0.2, 0) is 20.0 Å². The minimum atomic E-state index is -0.114. The van der Waals surface area contributed by atoms with Crippen molar-refractivity contribution < 1.29 is 9.32 Å². The van der Waals surface area contributed by atoms with Crippen molar-refractivity contribution in [3.05, 3.63) is 33.8 Å². The number of carbonyl (C=O) groups is 1. The Morgan fingerprint density at radius 1 is 1.40 bits per heavy atom. The highest BCUT2D eigenvalue weighted by molar-refractivity contribution is 5.92. The smallest absolute Gasteiger partial charge is 0.345 e. The van der Waals surface area contributed by atoms with Crippen molar-refractivity contribution in [3.63, 3.8) is 0 Å². The second-order valence-corrected chi connectivity index (χ2v) is 6.53. The third-order valence-electron chi connectivity index (χ3n) is 4.70. The van der Waals surface area contributed by atoms with E-state index >= 15 is 0 Å². The molecule has 1 amide bonds. The predicted octanol–water partition coefficient (Wildman–Crippen LogP) is 1.56. The molecule has 0 N–H and O–H groups in total. The predicted molar refractivity (Wildman–Crippen MR) is 91.5 cm³/mol. The molecule has 0 radical (unpaired) electrons. The molecule has 136 valence electrons. The molecule has 0 aromatic carbocycles. The molecule has 3 rings (SSSR count). The summed E-state index contributed by atoms with van der Waals surface area (Å²) in [4.78, 5) is 26.6. The van der Waals surface area contributed by atoms with Crippen LogP contribution in [-0.4, -0.2) is 43.4 Å². The minimum Gasteiger partial charge on any atom is -0.361 e. The zero-order valence-electron chi connectivity index (χ0n) is 15.1. The lowest BCUT2D eigenvalue weighted by atomic mass is 9.97. The summed E-state index contributed by atoms with van der Waals surface area (Å²) < 4.78 is 8.28. The molecule has 2 aromatic rings. The molecule has 0 spiro atoms. The number of carbonyl (C=O) groups excluding carboxylic acids is 1. The second-order valence-electron chi connectivity index (χ2n) is 6.53. The van der Waals surface area contributed by atoms with Crippen molar-refractivity contribution >= 4 is 5.91 Å². The fourth-order valence-corrected chi connectivity index (χ4v) is 3.43. The molecule has 8 heteroatoms. The molecule has 25 heavy (non-hydrogen) atoms. The summed E-state index contributed by atoms with van der Waals surface area (Å²) in [7, 11) is 1.66. The first kappa shape index (κ1) is 17.4. The van der Waals surface area contributed by atoms with Crippen molar-refractivity contribution in [2.45, 2.75) is 52.0 Å². The zero-order chi connectivity index (χ0) is 18.0. The highest BCUT2D eigenvalue weighted by atomic mass is 16.5. The first-order chi connectivity index (χ1) is 12.0. The Hall–Kier alpha value is -2.38. The van der Waals surface area contributed by atoms with Crippen molar-refractivity contribution in [3.8, 4) is 0 Å². The second kappa shape index (κ2) is 7.25. The number of amides is 1. The molecular weight excluding hydrogens is 322 g/mol. The van der Waals surface area contributed by atoms with Crippen molar-refractivity contribution in [2.24, 2.45) is 7.05 Å². The summed E-state index contributed by atoms with van der Waals surface area (Å²) in [6.07, 6.45) is 3.52. The van der Waals surface area contributed by atoms with Gasteiger partial charge in [0.1, 0.15) is 11.6 Å². The molecule has 0 aliphatic carbocycles. The molecule has 1 saturated heterocycles. The first-order valence-electron chi connectivity index (χ1n) is 8.93. The van der Waals surface area contributed by atoms with Crippen LogP contribution in [0, 0.1) is 0 Å². The SMILES string of the molecule is CCCc1cc(C(=O)N2CCCC(c3nn(C)c(=O)n3CC)C2)no1. The van der Waals surface area contributed by atoms with Crippen molar-refractivity contribution in [2.75, 3.05) is 13.1 Å². The maximum atomic E-state index is 12.7. The summed E-state index contributed by atoms with van der Waals surface area (Å²) in [6.45, 7) is 5.80. The van der Waals surface area contributed by atoms with E-state index in [1.807, 2.05) is 6.92 Å². The summed E-state index contributed by atoms with van der Waals surface area (Å²) in [6, 6.07) is 1.73. The van der Waals surface area contributed by atoms with Gasteiger partial charge in [0.25, 0.3) is 5.91 Å². The van der Waals surface area contributed by atoms with E-state index in [1.54, 1.807) is 22.6 Å². The summed E-state index contributed by atoms with van der Waals surface area (Å²) in [5.41, 5.74) is 0.250. The van der Waals surface area contributed by atoms with Gasteiger partial charge in [0.15, 0.2) is 5.69 Å². The van der Waals surface area contributed by atoms with Gasteiger partial charge in [-0.1, -0.05) is 12.1 Å². The van der Waals surface area contributed by atoms with Gasteiger partial charge in [-0.15, -0.1) is 0 Å². The average molecular weight is 347 g/mol. The largest absolute Gasteiger partial charge is 0.361 e. The van der Waals surface area contributed by atoms with E-state index in [0.29, 0.717) is 25.3 Å². The fraction of sp³-hybridized carbons (Fsp3) is 0.647. The molecule has 1 aliphatic heterocycles. The van der Waals surface area contributed by atoms with E-state index < -0.39 is 0 Å². The van der Waals surface area contributed by atoms with Crippen LogP contribution in [0.3, 0.4) is 0 Å². The van der Waals surface area contributed by atoms with Crippen LogP contribution < -0.4 is 5.69 Å². The van der Waals surface area contributed by atoms with Crippen molar-refractivity contribution in [1.29, 1.82) is 0 Å². The average Bonchev–Trinajstić information content (AvgIpc) is 3.20. The fourth-order valence-electron chi connectivity index (χ4n) is 3.43. The third kappa shape index (κ3) is 3.38. The Bertz CT molecular complexity index is 804. The Kier molecular flexibility index (Phi) is 5.06. The third-order valence-corrected chi connectivity index (χ3v) is 4.70. The number of piperidine rings is 1. The molecule has 1 aliphatic rings. The maximum Gasteiger partial charge on any atom is 0.345 e. The number of aromatic nitrogens is 4. The van der Waals surface area contributed by atoms with E-state index in [0.717, 1.165) is 37.3 Å². The van der Waals surface area contributed by atoms with Crippen LogP contribution in [0.25, 0.3) is 0 Å². The van der Waals surface area contributed by atoms with Crippen LogP contribution in [0.2, 0.25) is 0 Å². The van der Waals surface area contributed by atoms with Gasteiger partial charge < -0.3 is 9.42 Å². The lowest BCUT2D eigenvalue weighted by Gasteiger charge is -2.31. The Morgan fingerprint density at radius 3 is 2.92 bits per heavy atom. The molecule has 8 nitrogen and oxygen atoms in total. The Morgan fingerprint density at radius 2 is 2.20 bits per heavy atom. The topological polar surface area (TPSA) is 86.2 Å². The van der Waals surface area contributed by atoms with Crippen LogP contribution >= 0.6 is 0 Å². The van der Waals surface area contributed by atoms with Crippen LogP contribution in [0.5, 0.6) is 0 Å². The van der Waals surface area contributed by atoms with Gasteiger partial charge in [0.05, 0.1) is 0 Å².